The lowest BCUT2D eigenvalue weighted by Gasteiger charge is -2.14. The molecule has 3 rings (SSSR count). The number of fused-ring (bicyclic) bond motifs is 1. The summed E-state index contributed by atoms with van der Waals surface area (Å²) in [5, 5.41) is 12.4. The van der Waals surface area contributed by atoms with Crippen LogP contribution in [0.5, 0.6) is 5.75 Å². The lowest BCUT2D eigenvalue weighted by molar-refractivity contribution is 0.189. The van der Waals surface area contributed by atoms with Gasteiger partial charge in [0.05, 0.1) is 7.11 Å². The molecule has 0 saturated carbocycles. The van der Waals surface area contributed by atoms with Crippen LogP contribution in [0.4, 0.5) is 0 Å². The van der Waals surface area contributed by atoms with Crippen molar-refractivity contribution >= 4 is 26.7 Å². The zero-order chi connectivity index (χ0) is 14.1. The average molecular weight is 333 g/mol. The number of ether oxygens (including phenoxy) is 1. The molecule has 1 unspecified atom stereocenters. The minimum absolute atomic E-state index is 0.507. The summed E-state index contributed by atoms with van der Waals surface area (Å²) in [4.78, 5) is 0. The highest BCUT2D eigenvalue weighted by molar-refractivity contribution is 9.10. The number of methoxy groups -OCH3 is 1. The minimum Gasteiger partial charge on any atom is -0.496 e. The third kappa shape index (κ3) is 2.21. The van der Waals surface area contributed by atoms with Crippen LogP contribution in [-0.2, 0) is 0 Å². The molecule has 1 atom stereocenters. The number of rotatable bonds is 3. The van der Waals surface area contributed by atoms with E-state index in [1.54, 1.807) is 19.2 Å². The van der Waals surface area contributed by atoms with E-state index in [2.05, 4.69) is 15.9 Å². The predicted octanol–water partition coefficient (Wildman–Crippen LogP) is 4.29. The highest BCUT2D eigenvalue weighted by Crippen LogP contribution is 2.34. The topological polar surface area (TPSA) is 42.6 Å². The maximum absolute atomic E-state index is 10.5. The van der Waals surface area contributed by atoms with Gasteiger partial charge in [0.1, 0.15) is 17.6 Å². The van der Waals surface area contributed by atoms with Crippen LogP contribution in [0.15, 0.2) is 57.6 Å². The lowest BCUT2D eigenvalue weighted by Crippen LogP contribution is -2.00. The summed E-state index contributed by atoms with van der Waals surface area (Å²) in [6, 6.07) is 15.1. The largest absolute Gasteiger partial charge is 0.496 e. The molecule has 0 aliphatic carbocycles. The first-order valence-electron chi connectivity index (χ1n) is 6.19. The van der Waals surface area contributed by atoms with Crippen molar-refractivity contribution in [3.05, 3.63) is 64.5 Å². The fraction of sp³-hybridized carbons (Fsp3) is 0.125. The van der Waals surface area contributed by atoms with Crippen LogP contribution < -0.4 is 4.74 Å². The summed E-state index contributed by atoms with van der Waals surface area (Å²) < 4.78 is 11.4. The molecule has 3 aromatic rings. The van der Waals surface area contributed by atoms with Crippen LogP contribution in [-0.4, -0.2) is 12.2 Å². The molecule has 4 heteroatoms. The Balaban J connectivity index is 2.17. The van der Waals surface area contributed by atoms with Gasteiger partial charge in [0.25, 0.3) is 0 Å². The van der Waals surface area contributed by atoms with Gasteiger partial charge in [-0.3, -0.25) is 0 Å². The van der Waals surface area contributed by atoms with Crippen LogP contribution in [0.25, 0.3) is 10.8 Å². The Morgan fingerprint density at radius 3 is 2.45 bits per heavy atom. The van der Waals surface area contributed by atoms with Crippen LogP contribution in [0, 0.1) is 0 Å². The first kappa shape index (κ1) is 13.2. The molecule has 0 aliphatic rings. The number of hydrogen-bond acceptors (Lipinski definition) is 3. The van der Waals surface area contributed by atoms with Gasteiger partial charge in [-0.05, 0) is 45.1 Å². The fourth-order valence-electron chi connectivity index (χ4n) is 2.34. The quantitative estimate of drug-likeness (QED) is 0.778. The second kappa shape index (κ2) is 5.31. The fourth-order valence-corrected chi connectivity index (χ4v) is 2.66. The zero-order valence-electron chi connectivity index (χ0n) is 10.8. The molecule has 0 radical (unpaired) electrons. The van der Waals surface area contributed by atoms with Gasteiger partial charge in [-0.1, -0.05) is 30.3 Å². The van der Waals surface area contributed by atoms with Gasteiger partial charge in [0.2, 0.25) is 0 Å². The second-order valence-corrected chi connectivity index (χ2v) is 5.23. The van der Waals surface area contributed by atoms with E-state index in [1.165, 1.54) is 0 Å². The van der Waals surface area contributed by atoms with Crippen LogP contribution in [0.3, 0.4) is 0 Å². The van der Waals surface area contributed by atoms with E-state index in [4.69, 9.17) is 9.15 Å². The summed E-state index contributed by atoms with van der Waals surface area (Å²) >= 11 is 3.25. The van der Waals surface area contributed by atoms with Crippen molar-refractivity contribution in [2.45, 2.75) is 6.10 Å². The Kier molecular flexibility index (Phi) is 3.51. The third-order valence-corrected chi connectivity index (χ3v) is 3.72. The van der Waals surface area contributed by atoms with Crippen LogP contribution in [0.2, 0.25) is 0 Å². The Labute approximate surface area is 124 Å². The van der Waals surface area contributed by atoms with Crippen molar-refractivity contribution in [3.8, 4) is 5.75 Å². The second-order valence-electron chi connectivity index (χ2n) is 4.45. The summed E-state index contributed by atoms with van der Waals surface area (Å²) in [7, 11) is 1.64. The van der Waals surface area contributed by atoms with E-state index in [1.807, 2.05) is 36.4 Å². The molecule has 0 bridgehead atoms. The van der Waals surface area contributed by atoms with E-state index in [0.717, 1.165) is 22.1 Å². The normalized spacial score (nSPS) is 12.6. The zero-order valence-corrected chi connectivity index (χ0v) is 12.4. The molecule has 2 aromatic carbocycles. The number of aliphatic hydroxyl groups excluding tert-OH is 1. The summed E-state index contributed by atoms with van der Waals surface area (Å²) in [6.07, 6.45) is -0.808. The first-order chi connectivity index (χ1) is 9.70. The van der Waals surface area contributed by atoms with Crippen molar-refractivity contribution in [1.82, 2.24) is 0 Å². The minimum atomic E-state index is -0.808. The highest BCUT2D eigenvalue weighted by atomic mass is 79.9. The van der Waals surface area contributed by atoms with Gasteiger partial charge in [0.15, 0.2) is 4.67 Å². The number of aliphatic hydroxyl groups is 1. The molecule has 0 saturated heterocycles. The molecule has 3 nitrogen and oxygen atoms in total. The van der Waals surface area contributed by atoms with Gasteiger partial charge in [0, 0.05) is 5.39 Å². The number of hydrogen-bond donors (Lipinski definition) is 1. The molecule has 1 N–H and O–H groups in total. The number of furan rings is 1. The van der Waals surface area contributed by atoms with E-state index in [9.17, 15) is 5.11 Å². The lowest BCUT2D eigenvalue weighted by atomic mass is 9.98. The van der Waals surface area contributed by atoms with Gasteiger partial charge in [-0.25, -0.2) is 0 Å². The van der Waals surface area contributed by atoms with Gasteiger partial charge >= 0.3 is 0 Å². The van der Waals surface area contributed by atoms with E-state index < -0.39 is 6.10 Å². The van der Waals surface area contributed by atoms with Crippen molar-refractivity contribution in [2.75, 3.05) is 7.11 Å². The maximum atomic E-state index is 10.5. The molecular formula is C16H13BrO3. The molecule has 102 valence electrons. The predicted molar refractivity (Wildman–Crippen MR) is 81.0 cm³/mol. The Bertz CT molecular complexity index is 748. The highest BCUT2D eigenvalue weighted by Gasteiger charge is 2.18. The maximum Gasteiger partial charge on any atom is 0.169 e. The van der Waals surface area contributed by atoms with Crippen molar-refractivity contribution < 1.29 is 14.3 Å². The molecule has 1 heterocycles. The average Bonchev–Trinajstić information content (AvgIpc) is 2.92. The number of halogens is 1. The van der Waals surface area contributed by atoms with Crippen LogP contribution in [0.1, 0.15) is 17.4 Å². The third-order valence-electron chi connectivity index (χ3n) is 3.30. The molecule has 20 heavy (non-hydrogen) atoms. The molecular weight excluding hydrogens is 320 g/mol. The van der Waals surface area contributed by atoms with Crippen LogP contribution >= 0.6 is 15.9 Å². The van der Waals surface area contributed by atoms with E-state index >= 15 is 0 Å². The summed E-state index contributed by atoms with van der Waals surface area (Å²) in [5.41, 5.74) is 0.795. The van der Waals surface area contributed by atoms with Gasteiger partial charge < -0.3 is 14.3 Å². The van der Waals surface area contributed by atoms with Gasteiger partial charge in [-0.2, -0.15) is 0 Å². The van der Waals surface area contributed by atoms with Crippen molar-refractivity contribution in [1.29, 1.82) is 0 Å². The van der Waals surface area contributed by atoms with E-state index in [0.29, 0.717) is 10.4 Å². The summed E-state index contributed by atoms with van der Waals surface area (Å²) in [6.45, 7) is 0. The SMILES string of the molecule is COc1ccc(C(O)c2ccc(Br)o2)c2ccccc12. The standard InChI is InChI=1S/C16H13BrO3/c1-19-13-7-6-12(10-4-2-3-5-11(10)13)16(18)14-8-9-15(17)20-14/h2-9,16,18H,1H3. The summed E-state index contributed by atoms with van der Waals surface area (Å²) in [5.74, 6) is 1.30. The monoisotopic (exact) mass is 332 g/mol. The molecule has 1 aromatic heterocycles. The molecule has 0 spiro atoms. The van der Waals surface area contributed by atoms with E-state index in [-0.39, 0.29) is 0 Å². The van der Waals surface area contributed by atoms with Crippen molar-refractivity contribution in [3.63, 3.8) is 0 Å². The number of benzene rings is 2. The van der Waals surface area contributed by atoms with Gasteiger partial charge in [-0.15, -0.1) is 0 Å². The van der Waals surface area contributed by atoms with Crippen molar-refractivity contribution in [2.24, 2.45) is 0 Å². The molecule has 0 amide bonds. The molecule has 0 fully saturated rings. The first-order valence-corrected chi connectivity index (χ1v) is 6.99. The smallest absolute Gasteiger partial charge is 0.169 e. The molecule has 0 aliphatic heterocycles. The Morgan fingerprint density at radius 2 is 1.80 bits per heavy atom. The Hall–Kier alpha value is -1.78. The Morgan fingerprint density at radius 1 is 1.05 bits per heavy atom.